The van der Waals surface area contributed by atoms with E-state index >= 15 is 0 Å². The summed E-state index contributed by atoms with van der Waals surface area (Å²) in [5, 5.41) is 4.46. The minimum atomic E-state index is -0.0318. The van der Waals surface area contributed by atoms with Crippen molar-refractivity contribution in [2.45, 2.75) is 57.7 Å². The van der Waals surface area contributed by atoms with Crippen LogP contribution in [0.15, 0.2) is 9.95 Å². The van der Waals surface area contributed by atoms with Crippen molar-refractivity contribution in [3.8, 4) is 0 Å². The highest BCUT2D eigenvalue weighted by molar-refractivity contribution is 7.99. The molecule has 25 heavy (non-hydrogen) atoms. The molecule has 1 fully saturated rings. The van der Waals surface area contributed by atoms with Crippen LogP contribution in [0.2, 0.25) is 0 Å². The summed E-state index contributed by atoms with van der Waals surface area (Å²) >= 11 is 2.88. The fraction of sp³-hybridized carbons (Fsp3) is 0.611. The van der Waals surface area contributed by atoms with Gasteiger partial charge in [0.1, 0.15) is 4.83 Å². The zero-order valence-electron chi connectivity index (χ0n) is 15.2. The highest BCUT2D eigenvalue weighted by atomic mass is 32.2. The number of carbonyl (C=O) groups excluding carboxylic acids is 1. The lowest BCUT2D eigenvalue weighted by Gasteiger charge is -2.29. The zero-order valence-corrected chi connectivity index (χ0v) is 16.9. The first kappa shape index (κ1) is 18.5. The summed E-state index contributed by atoms with van der Waals surface area (Å²) in [6, 6.07) is 0.281. The van der Waals surface area contributed by atoms with Gasteiger partial charge in [0.25, 0.3) is 5.56 Å². The predicted molar refractivity (Wildman–Crippen MR) is 105 cm³/mol. The largest absolute Gasteiger partial charge is 0.352 e. The first-order valence-electron chi connectivity index (χ1n) is 8.77. The van der Waals surface area contributed by atoms with Gasteiger partial charge in [0.2, 0.25) is 5.91 Å². The third-order valence-electron chi connectivity index (χ3n) is 5.16. The van der Waals surface area contributed by atoms with Crippen molar-refractivity contribution in [1.82, 2.24) is 14.9 Å². The van der Waals surface area contributed by atoms with E-state index in [4.69, 9.17) is 0 Å². The Hall–Kier alpha value is -1.34. The molecule has 2 atom stereocenters. The van der Waals surface area contributed by atoms with Crippen LogP contribution in [0.4, 0.5) is 0 Å². The maximum absolute atomic E-state index is 12.6. The lowest BCUT2D eigenvalue weighted by atomic mass is 9.86. The lowest BCUT2D eigenvalue weighted by molar-refractivity contribution is -0.119. The summed E-state index contributed by atoms with van der Waals surface area (Å²) < 4.78 is 1.56. The molecule has 2 aromatic heterocycles. The Morgan fingerprint density at radius 2 is 2.08 bits per heavy atom. The number of amides is 1. The SMILES string of the molecule is Cc1sc2nc(SCC(=O)N[C@@H]3CCCC[C@@H]3C)n(C)c(=O)c2c1C. The molecule has 2 aromatic rings. The Balaban J connectivity index is 1.71. The van der Waals surface area contributed by atoms with Gasteiger partial charge in [-0.15, -0.1) is 11.3 Å². The molecule has 5 nitrogen and oxygen atoms in total. The van der Waals surface area contributed by atoms with E-state index in [-0.39, 0.29) is 17.5 Å². The normalized spacial score (nSPS) is 20.8. The molecule has 1 N–H and O–H groups in total. The van der Waals surface area contributed by atoms with E-state index in [2.05, 4.69) is 17.2 Å². The number of hydrogen-bond donors (Lipinski definition) is 1. The number of carbonyl (C=O) groups is 1. The van der Waals surface area contributed by atoms with E-state index in [1.165, 1.54) is 31.0 Å². The Morgan fingerprint density at radius 1 is 1.36 bits per heavy atom. The van der Waals surface area contributed by atoms with Crippen molar-refractivity contribution in [2.75, 3.05) is 5.75 Å². The standard InChI is InChI=1S/C18H25N3O2S2/c1-10-7-5-6-8-13(10)19-14(22)9-24-18-20-16-15(17(23)21(18)4)11(2)12(3)25-16/h10,13H,5-9H2,1-4H3,(H,19,22)/t10-,13+/m0/s1. The van der Waals surface area contributed by atoms with E-state index < -0.39 is 0 Å². The van der Waals surface area contributed by atoms with Gasteiger partial charge in [-0.25, -0.2) is 4.98 Å². The highest BCUT2D eigenvalue weighted by Gasteiger charge is 2.23. The van der Waals surface area contributed by atoms with E-state index in [1.807, 2.05) is 13.8 Å². The Bertz CT molecular complexity index is 856. The second-order valence-electron chi connectivity index (χ2n) is 6.95. The van der Waals surface area contributed by atoms with Gasteiger partial charge in [-0.1, -0.05) is 31.5 Å². The first-order valence-corrected chi connectivity index (χ1v) is 10.6. The summed E-state index contributed by atoms with van der Waals surface area (Å²) in [4.78, 5) is 31.4. The number of aromatic nitrogens is 2. The summed E-state index contributed by atoms with van der Waals surface area (Å²) in [6.07, 6.45) is 4.69. The maximum atomic E-state index is 12.6. The topological polar surface area (TPSA) is 64.0 Å². The van der Waals surface area contributed by atoms with Gasteiger partial charge in [0, 0.05) is 18.0 Å². The number of thiophene rings is 1. The molecule has 1 aliphatic carbocycles. The van der Waals surface area contributed by atoms with Crippen molar-refractivity contribution in [3.05, 3.63) is 20.8 Å². The summed E-state index contributed by atoms with van der Waals surface area (Å²) in [5.74, 6) is 0.855. The molecule has 0 radical (unpaired) electrons. The number of rotatable bonds is 4. The Morgan fingerprint density at radius 3 is 2.80 bits per heavy atom. The van der Waals surface area contributed by atoms with Crippen molar-refractivity contribution in [1.29, 1.82) is 0 Å². The van der Waals surface area contributed by atoms with E-state index in [1.54, 1.807) is 23.0 Å². The van der Waals surface area contributed by atoms with Crippen LogP contribution in [0.1, 0.15) is 43.0 Å². The minimum Gasteiger partial charge on any atom is -0.352 e. The fourth-order valence-electron chi connectivity index (χ4n) is 3.39. The highest BCUT2D eigenvalue weighted by Crippen LogP contribution is 2.28. The number of aryl methyl sites for hydroxylation is 2. The molecular formula is C18H25N3O2S2. The number of nitrogens with one attached hydrogen (secondary N) is 1. The average molecular weight is 380 g/mol. The first-order chi connectivity index (χ1) is 11.9. The molecule has 0 saturated heterocycles. The zero-order chi connectivity index (χ0) is 18.1. The number of nitrogens with zero attached hydrogens (tertiary/aromatic N) is 2. The second-order valence-corrected chi connectivity index (χ2v) is 9.09. The summed E-state index contributed by atoms with van der Waals surface area (Å²) in [5.41, 5.74) is 0.976. The number of thioether (sulfide) groups is 1. The third kappa shape index (κ3) is 3.77. The van der Waals surface area contributed by atoms with Crippen LogP contribution < -0.4 is 10.9 Å². The van der Waals surface area contributed by atoms with Crippen molar-refractivity contribution < 1.29 is 4.79 Å². The van der Waals surface area contributed by atoms with Gasteiger partial charge < -0.3 is 5.32 Å². The van der Waals surface area contributed by atoms with Gasteiger partial charge in [-0.05, 0) is 38.2 Å². The third-order valence-corrected chi connectivity index (χ3v) is 7.29. The molecule has 0 aliphatic heterocycles. The van der Waals surface area contributed by atoms with E-state index in [9.17, 15) is 9.59 Å². The second kappa shape index (κ2) is 7.50. The monoisotopic (exact) mass is 379 g/mol. The van der Waals surface area contributed by atoms with Gasteiger partial charge in [0.15, 0.2) is 5.16 Å². The van der Waals surface area contributed by atoms with Crippen molar-refractivity contribution in [3.63, 3.8) is 0 Å². The van der Waals surface area contributed by atoms with Crippen LogP contribution in [0, 0.1) is 19.8 Å². The molecule has 0 unspecified atom stereocenters. The molecule has 1 saturated carbocycles. The summed E-state index contributed by atoms with van der Waals surface area (Å²) in [7, 11) is 1.73. The van der Waals surface area contributed by atoms with Gasteiger partial charge >= 0.3 is 0 Å². The molecule has 0 spiro atoms. The Kier molecular flexibility index (Phi) is 5.53. The quantitative estimate of drug-likeness (QED) is 0.653. The van der Waals surface area contributed by atoms with Crippen LogP contribution >= 0.6 is 23.1 Å². The maximum Gasteiger partial charge on any atom is 0.262 e. The van der Waals surface area contributed by atoms with Gasteiger partial charge in [-0.2, -0.15) is 0 Å². The van der Waals surface area contributed by atoms with Crippen LogP contribution in [0.5, 0.6) is 0 Å². The molecule has 7 heteroatoms. The Labute approximate surface area is 156 Å². The molecule has 136 valence electrons. The molecule has 0 aromatic carbocycles. The minimum absolute atomic E-state index is 0.0247. The predicted octanol–water partition coefficient (Wildman–Crippen LogP) is 3.40. The average Bonchev–Trinajstić information content (AvgIpc) is 2.86. The van der Waals surface area contributed by atoms with Crippen molar-refractivity contribution >= 4 is 39.2 Å². The number of hydrogen-bond acceptors (Lipinski definition) is 5. The molecule has 1 aliphatic rings. The number of fused-ring (bicyclic) bond motifs is 1. The van der Waals surface area contributed by atoms with Crippen LogP contribution in [-0.2, 0) is 11.8 Å². The smallest absolute Gasteiger partial charge is 0.262 e. The van der Waals surface area contributed by atoms with Gasteiger partial charge in [-0.3, -0.25) is 14.2 Å². The van der Waals surface area contributed by atoms with E-state index in [0.717, 1.165) is 21.7 Å². The summed E-state index contributed by atoms with van der Waals surface area (Å²) in [6.45, 7) is 6.17. The van der Waals surface area contributed by atoms with E-state index in [0.29, 0.717) is 22.2 Å². The van der Waals surface area contributed by atoms with Crippen LogP contribution in [-0.4, -0.2) is 27.3 Å². The van der Waals surface area contributed by atoms with Gasteiger partial charge in [0.05, 0.1) is 11.1 Å². The lowest BCUT2D eigenvalue weighted by Crippen LogP contribution is -2.41. The van der Waals surface area contributed by atoms with Crippen molar-refractivity contribution in [2.24, 2.45) is 13.0 Å². The molecular weight excluding hydrogens is 354 g/mol. The van der Waals surface area contributed by atoms with Crippen LogP contribution in [0.3, 0.4) is 0 Å². The molecule has 0 bridgehead atoms. The molecule has 3 rings (SSSR count). The molecule has 2 heterocycles. The van der Waals surface area contributed by atoms with Crippen LogP contribution in [0.25, 0.3) is 10.2 Å². The molecule has 1 amide bonds. The fourth-order valence-corrected chi connectivity index (χ4v) is 5.25.